The molecule has 2 aromatic carbocycles. The summed E-state index contributed by atoms with van der Waals surface area (Å²) < 4.78 is 30.8. The molecule has 27 heavy (non-hydrogen) atoms. The molecule has 1 heterocycles. The van der Waals surface area contributed by atoms with Crippen LogP contribution in [0.15, 0.2) is 42.5 Å². The summed E-state index contributed by atoms with van der Waals surface area (Å²) in [6.07, 6.45) is 0.988. The number of methoxy groups -OCH3 is 1. The molecule has 0 saturated heterocycles. The Hall–Kier alpha value is -3.40. The number of hydrogen-bond acceptors (Lipinski definition) is 7. The number of aromatic nitrogens is 2. The van der Waals surface area contributed by atoms with Crippen LogP contribution < -0.4 is 14.8 Å². The third-order valence-corrected chi connectivity index (χ3v) is 4.13. The lowest BCUT2D eigenvalue weighted by Crippen LogP contribution is -2.14. The van der Waals surface area contributed by atoms with E-state index in [0.29, 0.717) is 16.8 Å². The Bertz CT molecular complexity index is 1130. The van der Waals surface area contributed by atoms with Crippen LogP contribution in [0.3, 0.4) is 0 Å². The SMILES string of the molecule is COc1ccc(C(=O)O)c(Nc2nc3ccccc3nc2NS(C)(=O)=O)c1. The van der Waals surface area contributed by atoms with E-state index in [1.807, 2.05) is 0 Å². The van der Waals surface area contributed by atoms with Crippen molar-refractivity contribution >= 4 is 44.3 Å². The highest BCUT2D eigenvalue weighted by Gasteiger charge is 2.17. The van der Waals surface area contributed by atoms with Gasteiger partial charge in [0, 0.05) is 6.07 Å². The largest absolute Gasteiger partial charge is 0.497 e. The van der Waals surface area contributed by atoms with E-state index < -0.39 is 16.0 Å². The van der Waals surface area contributed by atoms with Crippen LogP contribution in [0.4, 0.5) is 17.3 Å². The van der Waals surface area contributed by atoms with E-state index in [9.17, 15) is 18.3 Å². The molecular weight excluding hydrogens is 372 g/mol. The second-order valence-corrected chi connectivity index (χ2v) is 7.37. The van der Waals surface area contributed by atoms with Crippen molar-refractivity contribution in [3.8, 4) is 5.75 Å². The van der Waals surface area contributed by atoms with Crippen LogP contribution in [0.2, 0.25) is 0 Å². The van der Waals surface area contributed by atoms with Crippen molar-refractivity contribution in [2.75, 3.05) is 23.4 Å². The average molecular weight is 388 g/mol. The van der Waals surface area contributed by atoms with Crippen LogP contribution >= 0.6 is 0 Å². The third kappa shape index (κ3) is 4.23. The van der Waals surface area contributed by atoms with E-state index >= 15 is 0 Å². The number of fused-ring (bicyclic) bond motifs is 1. The van der Waals surface area contributed by atoms with Crippen molar-refractivity contribution in [2.24, 2.45) is 0 Å². The van der Waals surface area contributed by atoms with Crippen LogP contribution in [0.1, 0.15) is 10.4 Å². The molecule has 1 aromatic heterocycles. The van der Waals surface area contributed by atoms with Crippen LogP contribution in [0.25, 0.3) is 11.0 Å². The lowest BCUT2D eigenvalue weighted by Gasteiger charge is -2.14. The molecule has 0 aliphatic heterocycles. The first-order valence-corrected chi connectivity index (χ1v) is 9.59. The second-order valence-electron chi connectivity index (χ2n) is 5.63. The van der Waals surface area contributed by atoms with Crippen molar-refractivity contribution < 1.29 is 23.1 Å². The monoisotopic (exact) mass is 388 g/mol. The molecule has 0 unspecified atom stereocenters. The topological polar surface area (TPSA) is 131 Å². The first-order valence-electron chi connectivity index (χ1n) is 7.70. The van der Waals surface area contributed by atoms with Gasteiger partial charge in [0.2, 0.25) is 10.0 Å². The van der Waals surface area contributed by atoms with Gasteiger partial charge in [-0.15, -0.1) is 0 Å². The Morgan fingerprint density at radius 3 is 2.26 bits per heavy atom. The molecule has 0 aliphatic carbocycles. The number of nitrogens with zero attached hydrogens (tertiary/aromatic N) is 2. The van der Waals surface area contributed by atoms with Gasteiger partial charge in [-0.05, 0) is 24.3 Å². The molecule has 0 saturated carbocycles. The van der Waals surface area contributed by atoms with E-state index in [0.717, 1.165) is 6.26 Å². The van der Waals surface area contributed by atoms with Crippen molar-refractivity contribution in [1.82, 2.24) is 9.97 Å². The Morgan fingerprint density at radius 1 is 1.07 bits per heavy atom. The van der Waals surface area contributed by atoms with Crippen LogP contribution in [0.5, 0.6) is 5.75 Å². The normalized spacial score (nSPS) is 11.2. The molecule has 0 spiro atoms. The lowest BCUT2D eigenvalue weighted by molar-refractivity contribution is 0.0698. The molecule has 0 radical (unpaired) electrons. The van der Waals surface area contributed by atoms with E-state index in [1.54, 1.807) is 24.3 Å². The van der Waals surface area contributed by atoms with Crippen LogP contribution in [-0.2, 0) is 10.0 Å². The number of ether oxygens (including phenoxy) is 1. The number of benzene rings is 2. The van der Waals surface area contributed by atoms with Gasteiger partial charge in [-0.2, -0.15) is 0 Å². The van der Waals surface area contributed by atoms with Crippen molar-refractivity contribution in [2.45, 2.75) is 0 Å². The van der Waals surface area contributed by atoms with E-state index in [1.165, 1.54) is 25.3 Å². The van der Waals surface area contributed by atoms with E-state index in [2.05, 4.69) is 20.0 Å². The van der Waals surface area contributed by atoms with Gasteiger partial charge in [-0.3, -0.25) is 4.72 Å². The zero-order valence-electron chi connectivity index (χ0n) is 14.4. The minimum Gasteiger partial charge on any atom is -0.497 e. The minimum atomic E-state index is -3.63. The molecule has 9 nitrogen and oxygen atoms in total. The summed E-state index contributed by atoms with van der Waals surface area (Å²) in [6.45, 7) is 0. The summed E-state index contributed by atoms with van der Waals surface area (Å²) in [5.41, 5.74) is 1.15. The van der Waals surface area contributed by atoms with Crippen LogP contribution in [0, 0.1) is 0 Å². The molecule has 3 aromatic rings. The number of aromatic carboxylic acids is 1. The third-order valence-electron chi connectivity index (χ3n) is 3.56. The van der Waals surface area contributed by atoms with Gasteiger partial charge in [0.15, 0.2) is 11.6 Å². The Morgan fingerprint density at radius 2 is 1.70 bits per heavy atom. The van der Waals surface area contributed by atoms with E-state index in [-0.39, 0.29) is 22.9 Å². The molecule has 3 rings (SSSR count). The number of para-hydroxylation sites is 2. The number of hydrogen-bond donors (Lipinski definition) is 3. The van der Waals surface area contributed by atoms with Gasteiger partial charge >= 0.3 is 5.97 Å². The summed E-state index contributed by atoms with van der Waals surface area (Å²) in [4.78, 5) is 20.2. The predicted octanol–water partition coefficient (Wildman–Crippen LogP) is 2.45. The van der Waals surface area contributed by atoms with Crippen molar-refractivity contribution in [3.05, 3.63) is 48.0 Å². The summed E-state index contributed by atoms with van der Waals surface area (Å²) in [6, 6.07) is 11.3. The second kappa shape index (κ2) is 7.08. The molecule has 0 atom stereocenters. The van der Waals surface area contributed by atoms with E-state index in [4.69, 9.17) is 4.74 Å². The summed E-state index contributed by atoms with van der Waals surface area (Å²) in [7, 11) is -2.18. The van der Waals surface area contributed by atoms with Gasteiger partial charge in [0.25, 0.3) is 0 Å². The Balaban J connectivity index is 2.16. The predicted molar refractivity (Wildman–Crippen MR) is 101 cm³/mol. The Kier molecular flexibility index (Phi) is 4.82. The smallest absolute Gasteiger partial charge is 0.337 e. The maximum Gasteiger partial charge on any atom is 0.337 e. The lowest BCUT2D eigenvalue weighted by atomic mass is 10.1. The number of carboxylic acids is 1. The fraction of sp³-hybridized carbons (Fsp3) is 0.118. The highest BCUT2D eigenvalue weighted by molar-refractivity contribution is 7.92. The Labute approximate surface area is 155 Å². The average Bonchev–Trinajstić information content (AvgIpc) is 2.60. The van der Waals surface area contributed by atoms with Gasteiger partial charge in [0.05, 0.1) is 35.6 Å². The molecule has 0 aliphatic rings. The van der Waals surface area contributed by atoms with Crippen molar-refractivity contribution in [3.63, 3.8) is 0 Å². The minimum absolute atomic E-state index is 0.0314. The highest BCUT2D eigenvalue weighted by Crippen LogP contribution is 2.29. The molecule has 10 heteroatoms. The first-order chi connectivity index (χ1) is 12.8. The molecule has 0 fully saturated rings. The first kappa shape index (κ1) is 18.4. The molecule has 140 valence electrons. The number of nitrogens with one attached hydrogen (secondary N) is 2. The maximum atomic E-state index is 11.7. The van der Waals surface area contributed by atoms with Gasteiger partial charge < -0.3 is 15.2 Å². The van der Waals surface area contributed by atoms with Crippen molar-refractivity contribution in [1.29, 1.82) is 0 Å². The fourth-order valence-electron chi connectivity index (χ4n) is 2.40. The number of carboxylic acid groups (broad SMARTS) is 1. The molecular formula is C17H16N4O5S. The standard InChI is InChI=1S/C17H16N4O5S/c1-26-10-7-8-11(17(22)23)14(9-10)20-15-16(21-27(2,24)25)19-13-6-4-3-5-12(13)18-15/h3-9H,1-2H3,(H,18,20)(H,19,21)(H,22,23). The zero-order valence-corrected chi connectivity index (χ0v) is 15.2. The van der Waals surface area contributed by atoms with Gasteiger partial charge in [-0.25, -0.2) is 23.2 Å². The number of rotatable bonds is 6. The van der Waals surface area contributed by atoms with Gasteiger partial charge in [-0.1, -0.05) is 12.1 Å². The summed E-state index contributed by atoms with van der Waals surface area (Å²) >= 11 is 0. The number of carbonyl (C=O) groups is 1. The quantitative estimate of drug-likeness (QED) is 0.587. The number of sulfonamides is 1. The maximum absolute atomic E-state index is 11.7. The van der Waals surface area contributed by atoms with Gasteiger partial charge in [0.1, 0.15) is 5.75 Å². The highest BCUT2D eigenvalue weighted by atomic mass is 32.2. The number of anilines is 3. The molecule has 0 amide bonds. The summed E-state index contributed by atoms with van der Waals surface area (Å²) in [5, 5.41) is 12.3. The molecule has 0 bridgehead atoms. The van der Waals surface area contributed by atoms with Crippen LogP contribution in [-0.4, -0.2) is 42.8 Å². The summed E-state index contributed by atoms with van der Waals surface area (Å²) in [5.74, 6) is -0.717. The fourth-order valence-corrected chi connectivity index (χ4v) is 2.90. The molecule has 3 N–H and O–H groups in total. The zero-order chi connectivity index (χ0) is 19.6.